The number of amides is 1. The van der Waals surface area contributed by atoms with Gasteiger partial charge in [0.25, 0.3) is 11.7 Å². The van der Waals surface area contributed by atoms with Gasteiger partial charge in [-0.25, -0.2) is 0 Å². The van der Waals surface area contributed by atoms with Crippen molar-refractivity contribution in [2.75, 3.05) is 27.2 Å². The lowest BCUT2D eigenvalue weighted by molar-refractivity contribution is -0.140. The summed E-state index contributed by atoms with van der Waals surface area (Å²) < 4.78 is 5.91. The van der Waals surface area contributed by atoms with Crippen LogP contribution in [0.3, 0.4) is 0 Å². The summed E-state index contributed by atoms with van der Waals surface area (Å²) in [6.45, 7) is 5.43. The molecule has 6 nitrogen and oxygen atoms in total. The van der Waals surface area contributed by atoms with Crippen molar-refractivity contribution in [3.05, 3.63) is 106 Å². The zero-order chi connectivity index (χ0) is 25.8. The standard InChI is InChI=1S/C30H32N2O4/c1-20-9-11-22(12-10-20)27-26(29(34)30(35)32(27)18-17-31(3)4)28(33)23-13-15-25(16-14-23)36-19-24-8-6-5-7-21(24)2/h5-16,27,33H,17-19H2,1-4H3/b28-26+. The molecule has 0 aromatic heterocycles. The average molecular weight is 485 g/mol. The molecule has 0 bridgehead atoms. The summed E-state index contributed by atoms with van der Waals surface area (Å²) in [5, 5.41) is 11.3. The zero-order valence-corrected chi connectivity index (χ0v) is 21.2. The molecule has 0 aliphatic carbocycles. The van der Waals surface area contributed by atoms with Crippen LogP contribution in [0.5, 0.6) is 5.75 Å². The second-order valence-corrected chi connectivity index (χ2v) is 9.45. The summed E-state index contributed by atoms with van der Waals surface area (Å²) in [4.78, 5) is 29.7. The molecule has 3 aromatic rings. The van der Waals surface area contributed by atoms with Gasteiger partial charge in [0.15, 0.2) is 0 Å². The molecule has 1 aliphatic heterocycles. The van der Waals surface area contributed by atoms with Gasteiger partial charge in [0, 0.05) is 18.7 Å². The summed E-state index contributed by atoms with van der Waals surface area (Å²) >= 11 is 0. The van der Waals surface area contributed by atoms with E-state index in [4.69, 9.17) is 4.74 Å². The summed E-state index contributed by atoms with van der Waals surface area (Å²) in [7, 11) is 3.83. The van der Waals surface area contributed by atoms with Gasteiger partial charge in [-0.05, 0) is 68.9 Å². The van der Waals surface area contributed by atoms with Crippen LogP contribution in [0.2, 0.25) is 0 Å². The molecule has 1 atom stereocenters. The number of hydrogen-bond donors (Lipinski definition) is 1. The van der Waals surface area contributed by atoms with Crippen LogP contribution in [0.4, 0.5) is 0 Å². The minimum absolute atomic E-state index is 0.108. The van der Waals surface area contributed by atoms with Gasteiger partial charge in [0.1, 0.15) is 18.1 Å². The maximum atomic E-state index is 13.1. The van der Waals surface area contributed by atoms with E-state index in [-0.39, 0.29) is 11.3 Å². The summed E-state index contributed by atoms with van der Waals surface area (Å²) in [6.07, 6.45) is 0. The minimum Gasteiger partial charge on any atom is -0.507 e. The number of likely N-dealkylation sites (tertiary alicyclic amines) is 1. The molecule has 4 rings (SSSR count). The maximum Gasteiger partial charge on any atom is 0.295 e. The Kier molecular flexibility index (Phi) is 7.55. The lowest BCUT2D eigenvalue weighted by atomic mass is 9.94. The molecule has 6 heteroatoms. The Hall–Kier alpha value is -3.90. The highest BCUT2D eigenvalue weighted by Gasteiger charge is 2.45. The zero-order valence-electron chi connectivity index (χ0n) is 21.2. The maximum absolute atomic E-state index is 13.1. The van der Waals surface area contributed by atoms with Crippen molar-refractivity contribution in [1.29, 1.82) is 0 Å². The van der Waals surface area contributed by atoms with Crippen LogP contribution < -0.4 is 4.74 Å². The molecule has 1 unspecified atom stereocenters. The first kappa shape index (κ1) is 25.2. The monoisotopic (exact) mass is 484 g/mol. The first-order valence-corrected chi connectivity index (χ1v) is 12.0. The summed E-state index contributed by atoms with van der Waals surface area (Å²) in [6, 6.07) is 22.0. The summed E-state index contributed by atoms with van der Waals surface area (Å²) in [5.41, 5.74) is 4.68. The first-order chi connectivity index (χ1) is 17.3. The van der Waals surface area contributed by atoms with Crippen LogP contribution in [-0.2, 0) is 16.2 Å². The Morgan fingerprint density at radius 2 is 1.61 bits per heavy atom. The van der Waals surface area contributed by atoms with Gasteiger partial charge >= 0.3 is 0 Å². The van der Waals surface area contributed by atoms with E-state index in [0.717, 1.165) is 22.3 Å². The molecule has 0 radical (unpaired) electrons. The smallest absolute Gasteiger partial charge is 0.295 e. The minimum atomic E-state index is -0.670. The molecule has 1 saturated heterocycles. The molecule has 1 N–H and O–H groups in total. The van der Waals surface area contributed by atoms with E-state index in [0.29, 0.717) is 31.0 Å². The molecular weight excluding hydrogens is 452 g/mol. The van der Waals surface area contributed by atoms with Crippen molar-refractivity contribution in [3.8, 4) is 5.75 Å². The SMILES string of the molecule is Cc1ccc(C2/C(=C(\O)c3ccc(OCc4ccccc4C)cc3)C(=O)C(=O)N2CCN(C)C)cc1. The molecule has 3 aromatic carbocycles. The van der Waals surface area contributed by atoms with Gasteiger partial charge in [0.05, 0.1) is 11.6 Å². The molecule has 1 amide bonds. The fourth-order valence-electron chi connectivity index (χ4n) is 4.31. The number of aliphatic hydroxyl groups excluding tert-OH is 1. The van der Waals surface area contributed by atoms with Crippen LogP contribution in [0.25, 0.3) is 5.76 Å². The van der Waals surface area contributed by atoms with Crippen molar-refractivity contribution in [1.82, 2.24) is 9.80 Å². The predicted octanol–water partition coefficient (Wildman–Crippen LogP) is 4.87. The Balaban J connectivity index is 1.64. The Labute approximate surface area is 212 Å². The number of carbonyl (C=O) groups excluding carboxylic acids is 2. The van der Waals surface area contributed by atoms with Crippen molar-refractivity contribution in [2.24, 2.45) is 0 Å². The molecule has 0 saturated carbocycles. The van der Waals surface area contributed by atoms with Crippen LogP contribution in [0.1, 0.15) is 33.9 Å². The number of Topliss-reactive ketones (excluding diaryl/α,β-unsaturated/α-hetero) is 1. The Morgan fingerprint density at radius 3 is 2.25 bits per heavy atom. The van der Waals surface area contributed by atoms with E-state index in [1.165, 1.54) is 0 Å². The molecule has 1 aliphatic rings. The van der Waals surface area contributed by atoms with Crippen LogP contribution >= 0.6 is 0 Å². The number of nitrogens with zero attached hydrogens (tertiary/aromatic N) is 2. The number of likely N-dealkylation sites (N-methyl/N-ethyl adjacent to an activating group) is 1. The molecule has 1 heterocycles. The highest BCUT2D eigenvalue weighted by atomic mass is 16.5. The first-order valence-electron chi connectivity index (χ1n) is 12.0. The Morgan fingerprint density at radius 1 is 0.944 bits per heavy atom. The van der Waals surface area contributed by atoms with E-state index in [1.54, 1.807) is 29.2 Å². The van der Waals surface area contributed by atoms with E-state index < -0.39 is 17.7 Å². The molecule has 186 valence electrons. The van der Waals surface area contributed by atoms with Gasteiger partial charge in [-0.1, -0.05) is 54.1 Å². The van der Waals surface area contributed by atoms with Crippen LogP contribution in [-0.4, -0.2) is 53.8 Å². The van der Waals surface area contributed by atoms with Gasteiger partial charge in [0.2, 0.25) is 0 Å². The highest BCUT2D eigenvalue weighted by Crippen LogP contribution is 2.39. The average Bonchev–Trinajstić information content (AvgIpc) is 3.12. The number of aliphatic hydroxyl groups is 1. The van der Waals surface area contributed by atoms with Crippen molar-refractivity contribution >= 4 is 17.4 Å². The van der Waals surface area contributed by atoms with Crippen molar-refractivity contribution in [3.63, 3.8) is 0 Å². The fraction of sp³-hybridized carbons (Fsp3) is 0.267. The number of benzene rings is 3. The third-order valence-electron chi connectivity index (χ3n) is 6.50. The second-order valence-electron chi connectivity index (χ2n) is 9.45. The van der Waals surface area contributed by atoms with Crippen LogP contribution in [0.15, 0.2) is 78.4 Å². The normalized spacial score (nSPS) is 17.1. The van der Waals surface area contributed by atoms with Gasteiger partial charge in [-0.15, -0.1) is 0 Å². The number of rotatable bonds is 8. The van der Waals surface area contributed by atoms with Gasteiger partial charge in [-0.3, -0.25) is 9.59 Å². The third-order valence-corrected chi connectivity index (χ3v) is 6.50. The molecule has 1 fully saturated rings. The second kappa shape index (κ2) is 10.8. The van der Waals surface area contributed by atoms with E-state index in [2.05, 4.69) is 0 Å². The quantitative estimate of drug-likeness (QED) is 0.281. The fourth-order valence-corrected chi connectivity index (χ4v) is 4.31. The van der Waals surface area contributed by atoms with Crippen molar-refractivity contribution in [2.45, 2.75) is 26.5 Å². The summed E-state index contributed by atoms with van der Waals surface area (Å²) in [5.74, 6) is -0.799. The lowest BCUT2D eigenvalue weighted by Gasteiger charge is -2.26. The predicted molar refractivity (Wildman–Crippen MR) is 141 cm³/mol. The van der Waals surface area contributed by atoms with E-state index in [1.807, 2.05) is 81.4 Å². The number of ketones is 1. The number of carbonyl (C=O) groups is 2. The van der Waals surface area contributed by atoms with Crippen LogP contribution in [0, 0.1) is 13.8 Å². The number of aryl methyl sites for hydroxylation is 2. The molecule has 36 heavy (non-hydrogen) atoms. The van der Waals surface area contributed by atoms with Gasteiger partial charge in [-0.2, -0.15) is 0 Å². The molecule has 0 spiro atoms. The van der Waals surface area contributed by atoms with E-state index >= 15 is 0 Å². The van der Waals surface area contributed by atoms with E-state index in [9.17, 15) is 14.7 Å². The largest absolute Gasteiger partial charge is 0.507 e. The highest BCUT2D eigenvalue weighted by molar-refractivity contribution is 6.46. The van der Waals surface area contributed by atoms with Gasteiger partial charge < -0.3 is 19.6 Å². The van der Waals surface area contributed by atoms with Crippen molar-refractivity contribution < 1.29 is 19.4 Å². The number of ether oxygens (including phenoxy) is 1. The molecular formula is C30H32N2O4. The Bertz CT molecular complexity index is 1280. The lowest BCUT2D eigenvalue weighted by Crippen LogP contribution is -2.35. The number of hydrogen-bond acceptors (Lipinski definition) is 5. The third kappa shape index (κ3) is 5.34. The topological polar surface area (TPSA) is 70.1 Å².